The molecule has 1 aromatic rings. The van der Waals surface area contributed by atoms with Crippen LogP contribution in [0.3, 0.4) is 0 Å². The highest BCUT2D eigenvalue weighted by Crippen LogP contribution is 2.14. The topological polar surface area (TPSA) is 64.6 Å². The minimum absolute atomic E-state index is 0.155. The molecule has 0 aliphatic carbocycles. The van der Waals surface area contributed by atoms with Gasteiger partial charge >= 0.3 is 11.9 Å². The van der Waals surface area contributed by atoms with Crippen LogP contribution in [0.1, 0.15) is 25.0 Å². The van der Waals surface area contributed by atoms with E-state index in [-0.39, 0.29) is 18.8 Å². The normalized spacial score (nSPS) is 9.71. The smallest absolute Gasteiger partial charge is 0.347 e. The lowest BCUT2D eigenvalue weighted by Gasteiger charge is -2.08. The first-order valence-corrected chi connectivity index (χ1v) is 6.87. The van der Waals surface area contributed by atoms with Crippen molar-refractivity contribution in [2.75, 3.05) is 18.5 Å². The number of rotatable bonds is 6. The third-order valence-electron chi connectivity index (χ3n) is 2.60. The van der Waals surface area contributed by atoms with Crippen molar-refractivity contribution in [2.24, 2.45) is 0 Å². The van der Waals surface area contributed by atoms with Crippen LogP contribution in [0, 0.1) is 13.8 Å². The van der Waals surface area contributed by atoms with E-state index in [1.54, 1.807) is 13.8 Å². The highest BCUT2D eigenvalue weighted by molar-refractivity contribution is 6.14. The van der Waals surface area contributed by atoms with Gasteiger partial charge in [0.15, 0.2) is 5.57 Å². The van der Waals surface area contributed by atoms with Crippen molar-refractivity contribution in [3.63, 3.8) is 0 Å². The second-order valence-corrected chi connectivity index (χ2v) is 4.52. The molecular weight excluding hydrogens is 270 g/mol. The SMILES string of the molecule is CCOC(=O)C(=CNc1cc(C)cc(C)c1)C(=O)OCC. The van der Waals surface area contributed by atoms with Gasteiger partial charge in [-0.1, -0.05) is 6.07 Å². The molecule has 1 aromatic carbocycles. The van der Waals surface area contributed by atoms with Crippen LogP contribution in [0.5, 0.6) is 0 Å². The van der Waals surface area contributed by atoms with Gasteiger partial charge in [-0.15, -0.1) is 0 Å². The Morgan fingerprint density at radius 1 is 1.00 bits per heavy atom. The van der Waals surface area contributed by atoms with Crippen molar-refractivity contribution in [1.82, 2.24) is 0 Å². The summed E-state index contributed by atoms with van der Waals surface area (Å²) in [6.45, 7) is 7.69. The Morgan fingerprint density at radius 2 is 1.48 bits per heavy atom. The summed E-state index contributed by atoms with van der Waals surface area (Å²) in [6.07, 6.45) is 1.32. The molecule has 0 atom stereocenters. The lowest BCUT2D eigenvalue weighted by atomic mass is 10.1. The van der Waals surface area contributed by atoms with E-state index in [1.807, 2.05) is 32.0 Å². The monoisotopic (exact) mass is 291 g/mol. The Labute approximate surface area is 124 Å². The Morgan fingerprint density at radius 3 is 1.90 bits per heavy atom. The van der Waals surface area contributed by atoms with E-state index < -0.39 is 11.9 Å². The van der Waals surface area contributed by atoms with Crippen LogP contribution in [-0.4, -0.2) is 25.2 Å². The highest BCUT2D eigenvalue weighted by atomic mass is 16.6. The maximum absolute atomic E-state index is 11.8. The molecule has 0 aliphatic heterocycles. The number of aryl methyl sites for hydroxylation is 2. The molecule has 1 N–H and O–H groups in total. The van der Waals surface area contributed by atoms with E-state index in [4.69, 9.17) is 9.47 Å². The number of anilines is 1. The van der Waals surface area contributed by atoms with Crippen molar-refractivity contribution < 1.29 is 19.1 Å². The molecule has 1 rings (SSSR count). The van der Waals surface area contributed by atoms with Crippen LogP contribution < -0.4 is 5.32 Å². The maximum atomic E-state index is 11.8. The molecule has 5 heteroatoms. The summed E-state index contributed by atoms with van der Waals surface area (Å²) in [5.74, 6) is -1.40. The molecule has 0 bridgehead atoms. The number of nitrogens with one attached hydrogen (secondary N) is 1. The minimum Gasteiger partial charge on any atom is -0.462 e. The summed E-state index contributed by atoms with van der Waals surface area (Å²) in [6, 6.07) is 5.86. The lowest BCUT2D eigenvalue weighted by Crippen LogP contribution is -2.19. The van der Waals surface area contributed by atoms with Gasteiger partial charge in [-0.05, 0) is 51.0 Å². The van der Waals surface area contributed by atoms with E-state index >= 15 is 0 Å². The molecule has 0 saturated carbocycles. The summed E-state index contributed by atoms with van der Waals surface area (Å²) < 4.78 is 9.72. The predicted molar refractivity (Wildman–Crippen MR) is 80.9 cm³/mol. The first-order valence-electron chi connectivity index (χ1n) is 6.87. The van der Waals surface area contributed by atoms with Gasteiger partial charge in [-0.2, -0.15) is 0 Å². The van der Waals surface area contributed by atoms with Crippen LogP contribution in [0.4, 0.5) is 5.69 Å². The fourth-order valence-corrected chi connectivity index (χ4v) is 1.83. The van der Waals surface area contributed by atoms with E-state index in [2.05, 4.69) is 5.32 Å². The summed E-state index contributed by atoms with van der Waals surface area (Å²) >= 11 is 0. The van der Waals surface area contributed by atoms with Crippen LogP contribution in [0.25, 0.3) is 0 Å². The van der Waals surface area contributed by atoms with Gasteiger partial charge < -0.3 is 14.8 Å². The molecule has 0 aromatic heterocycles. The highest BCUT2D eigenvalue weighted by Gasteiger charge is 2.20. The summed E-state index contributed by atoms with van der Waals surface area (Å²) in [7, 11) is 0. The predicted octanol–water partition coefficient (Wildman–Crippen LogP) is 2.73. The third kappa shape index (κ3) is 5.30. The van der Waals surface area contributed by atoms with E-state index in [1.165, 1.54) is 6.20 Å². The molecule has 0 unspecified atom stereocenters. The van der Waals surface area contributed by atoms with Crippen LogP contribution in [0.2, 0.25) is 0 Å². The van der Waals surface area contributed by atoms with Crippen molar-refractivity contribution in [1.29, 1.82) is 0 Å². The van der Waals surface area contributed by atoms with Gasteiger partial charge in [0, 0.05) is 11.9 Å². The van der Waals surface area contributed by atoms with Crippen LogP contribution >= 0.6 is 0 Å². The standard InChI is InChI=1S/C16H21NO4/c1-5-20-15(18)14(16(19)21-6-2)10-17-13-8-11(3)7-12(4)9-13/h7-10,17H,5-6H2,1-4H3. The average Bonchev–Trinajstić information content (AvgIpc) is 2.38. The van der Waals surface area contributed by atoms with Crippen molar-refractivity contribution in [3.8, 4) is 0 Å². The Kier molecular flexibility index (Phi) is 6.46. The Hall–Kier alpha value is -2.30. The average molecular weight is 291 g/mol. The Balaban J connectivity index is 2.96. The fourth-order valence-electron chi connectivity index (χ4n) is 1.83. The van der Waals surface area contributed by atoms with E-state index in [0.717, 1.165) is 16.8 Å². The number of hydrogen-bond donors (Lipinski definition) is 1. The van der Waals surface area contributed by atoms with Crippen molar-refractivity contribution in [3.05, 3.63) is 41.1 Å². The van der Waals surface area contributed by atoms with Crippen LogP contribution in [0.15, 0.2) is 30.0 Å². The van der Waals surface area contributed by atoms with Gasteiger partial charge in [0.1, 0.15) is 0 Å². The zero-order chi connectivity index (χ0) is 15.8. The van der Waals surface area contributed by atoms with Gasteiger partial charge in [0.25, 0.3) is 0 Å². The van der Waals surface area contributed by atoms with Crippen molar-refractivity contribution >= 4 is 17.6 Å². The molecule has 0 amide bonds. The Bertz CT molecular complexity index is 509. The zero-order valence-electron chi connectivity index (χ0n) is 12.9. The first kappa shape index (κ1) is 16.8. The fraction of sp³-hybridized carbons (Fsp3) is 0.375. The summed E-state index contributed by atoms with van der Waals surface area (Å²) in [5.41, 5.74) is 2.80. The van der Waals surface area contributed by atoms with Gasteiger partial charge in [0.2, 0.25) is 0 Å². The molecule has 0 radical (unpaired) electrons. The maximum Gasteiger partial charge on any atom is 0.347 e. The molecule has 5 nitrogen and oxygen atoms in total. The molecular formula is C16H21NO4. The number of esters is 2. The van der Waals surface area contributed by atoms with Gasteiger partial charge in [0.05, 0.1) is 13.2 Å². The second kappa shape index (κ2) is 8.09. The lowest BCUT2D eigenvalue weighted by molar-refractivity contribution is -0.146. The van der Waals surface area contributed by atoms with E-state index in [9.17, 15) is 9.59 Å². The van der Waals surface area contributed by atoms with Crippen LogP contribution in [-0.2, 0) is 19.1 Å². The van der Waals surface area contributed by atoms with E-state index in [0.29, 0.717) is 0 Å². The van der Waals surface area contributed by atoms with Gasteiger partial charge in [-0.25, -0.2) is 9.59 Å². The zero-order valence-corrected chi connectivity index (χ0v) is 12.9. The van der Waals surface area contributed by atoms with Crippen molar-refractivity contribution in [2.45, 2.75) is 27.7 Å². The molecule has 114 valence electrons. The second-order valence-electron chi connectivity index (χ2n) is 4.52. The molecule has 0 aliphatic rings. The summed E-state index contributed by atoms with van der Waals surface area (Å²) in [4.78, 5) is 23.6. The minimum atomic E-state index is -0.701. The molecule has 0 fully saturated rings. The number of benzene rings is 1. The number of carbonyl (C=O) groups excluding carboxylic acids is 2. The first-order chi connectivity index (χ1) is 9.97. The molecule has 0 saturated heterocycles. The summed E-state index contributed by atoms with van der Waals surface area (Å²) in [5, 5.41) is 2.94. The number of hydrogen-bond acceptors (Lipinski definition) is 5. The number of ether oxygens (including phenoxy) is 2. The van der Waals surface area contributed by atoms with Gasteiger partial charge in [-0.3, -0.25) is 0 Å². The molecule has 21 heavy (non-hydrogen) atoms. The number of carbonyl (C=O) groups is 2. The largest absolute Gasteiger partial charge is 0.462 e. The molecule has 0 heterocycles. The quantitative estimate of drug-likeness (QED) is 0.378. The molecule has 0 spiro atoms. The third-order valence-corrected chi connectivity index (χ3v) is 2.60.